The van der Waals surface area contributed by atoms with Crippen molar-refractivity contribution in [2.24, 2.45) is 4.99 Å². The van der Waals surface area contributed by atoms with Gasteiger partial charge in [0.25, 0.3) is 0 Å². The van der Waals surface area contributed by atoms with Crippen LogP contribution >= 0.6 is 23.3 Å². The SMILES string of the molecule is CCCN=C1NSc2c(sc(C)c2C#N)N1. The Morgan fingerprint density at radius 2 is 2.31 bits per heavy atom. The molecule has 84 valence electrons. The molecule has 1 aliphatic rings. The van der Waals surface area contributed by atoms with Gasteiger partial charge in [0.05, 0.1) is 10.5 Å². The average molecular weight is 252 g/mol. The summed E-state index contributed by atoms with van der Waals surface area (Å²) in [6.45, 7) is 4.86. The molecular weight excluding hydrogens is 240 g/mol. The smallest absolute Gasteiger partial charge is 0.206 e. The lowest BCUT2D eigenvalue weighted by Gasteiger charge is -2.16. The summed E-state index contributed by atoms with van der Waals surface area (Å²) in [6, 6.07) is 2.23. The number of nitriles is 1. The second-order valence-corrected chi connectivity index (χ2v) is 5.40. The molecule has 0 fully saturated rings. The number of nitrogens with zero attached hydrogens (tertiary/aromatic N) is 2. The molecular formula is C10H12N4S2. The van der Waals surface area contributed by atoms with Crippen LogP contribution in [-0.2, 0) is 0 Å². The van der Waals surface area contributed by atoms with Gasteiger partial charge in [-0.1, -0.05) is 6.92 Å². The van der Waals surface area contributed by atoms with Gasteiger partial charge in [0, 0.05) is 11.4 Å². The minimum Gasteiger partial charge on any atom is -0.316 e. The molecule has 0 aromatic carbocycles. The Morgan fingerprint density at radius 1 is 1.50 bits per heavy atom. The largest absolute Gasteiger partial charge is 0.316 e. The predicted molar refractivity (Wildman–Crippen MR) is 69.0 cm³/mol. The Morgan fingerprint density at radius 3 is 3.00 bits per heavy atom. The average Bonchev–Trinajstić information content (AvgIpc) is 2.60. The van der Waals surface area contributed by atoms with Crippen molar-refractivity contribution in [1.29, 1.82) is 5.26 Å². The van der Waals surface area contributed by atoms with Gasteiger partial charge in [0.1, 0.15) is 11.1 Å². The van der Waals surface area contributed by atoms with Crippen LogP contribution in [0.25, 0.3) is 0 Å². The summed E-state index contributed by atoms with van der Waals surface area (Å²) in [5.41, 5.74) is 0.763. The third-order valence-corrected chi connectivity index (χ3v) is 4.19. The van der Waals surface area contributed by atoms with Gasteiger partial charge in [0.15, 0.2) is 0 Å². The summed E-state index contributed by atoms with van der Waals surface area (Å²) in [4.78, 5) is 6.40. The van der Waals surface area contributed by atoms with Crippen LogP contribution in [0.4, 0.5) is 5.00 Å². The molecule has 1 aliphatic heterocycles. The molecule has 6 heteroatoms. The van der Waals surface area contributed by atoms with Gasteiger partial charge < -0.3 is 5.32 Å². The van der Waals surface area contributed by atoms with E-state index in [2.05, 4.69) is 28.0 Å². The lowest BCUT2D eigenvalue weighted by molar-refractivity contribution is 0.926. The van der Waals surface area contributed by atoms with Crippen LogP contribution in [0.5, 0.6) is 0 Å². The zero-order chi connectivity index (χ0) is 11.5. The number of fused-ring (bicyclic) bond motifs is 1. The van der Waals surface area contributed by atoms with E-state index in [0.29, 0.717) is 0 Å². The van der Waals surface area contributed by atoms with Crippen LogP contribution in [0.1, 0.15) is 23.8 Å². The minimum atomic E-state index is 0.763. The Balaban J connectivity index is 2.26. The summed E-state index contributed by atoms with van der Waals surface area (Å²) in [5, 5.41) is 13.3. The minimum absolute atomic E-state index is 0.763. The van der Waals surface area contributed by atoms with Gasteiger partial charge in [-0.2, -0.15) is 5.26 Å². The summed E-state index contributed by atoms with van der Waals surface area (Å²) >= 11 is 3.07. The Bertz CT molecular complexity index is 470. The van der Waals surface area contributed by atoms with Crippen molar-refractivity contribution in [3.05, 3.63) is 10.4 Å². The maximum atomic E-state index is 9.03. The normalized spacial score (nSPS) is 16.2. The van der Waals surface area contributed by atoms with Crippen molar-refractivity contribution >= 4 is 34.2 Å². The molecule has 4 nitrogen and oxygen atoms in total. The van der Waals surface area contributed by atoms with E-state index in [0.717, 1.165) is 39.3 Å². The number of hydrogen-bond acceptors (Lipinski definition) is 4. The van der Waals surface area contributed by atoms with Crippen molar-refractivity contribution in [3.63, 3.8) is 0 Å². The second-order valence-electron chi connectivity index (χ2n) is 3.36. The van der Waals surface area contributed by atoms with Crippen LogP contribution < -0.4 is 10.0 Å². The van der Waals surface area contributed by atoms with E-state index in [9.17, 15) is 0 Å². The summed E-state index contributed by atoms with van der Waals surface area (Å²) in [5.74, 6) is 0.782. The molecule has 1 aromatic heterocycles. The Hall–Kier alpha value is -1.19. The summed E-state index contributed by atoms with van der Waals surface area (Å²) in [7, 11) is 0. The number of rotatable bonds is 2. The van der Waals surface area contributed by atoms with E-state index in [-0.39, 0.29) is 0 Å². The first kappa shape index (κ1) is 11.3. The molecule has 0 aliphatic carbocycles. The first-order chi connectivity index (χ1) is 7.76. The Kier molecular flexibility index (Phi) is 3.36. The number of aliphatic imine (C=N–C) groups is 1. The van der Waals surface area contributed by atoms with E-state index in [1.54, 1.807) is 11.3 Å². The second kappa shape index (κ2) is 4.76. The van der Waals surface area contributed by atoms with Crippen molar-refractivity contribution in [2.75, 3.05) is 11.9 Å². The first-order valence-corrected chi connectivity index (χ1v) is 6.67. The summed E-state index contributed by atoms with van der Waals surface area (Å²) < 4.78 is 3.11. The highest BCUT2D eigenvalue weighted by atomic mass is 32.2. The Labute approximate surface area is 103 Å². The zero-order valence-electron chi connectivity index (χ0n) is 9.13. The summed E-state index contributed by atoms with van der Waals surface area (Å²) in [6.07, 6.45) is 1.03. The molecule has 0 atom stereocenters. The number of anilines is 1. The van der Waals surface area contributed by atoms with Gasteiger partial charge in [-0.05, 0) is 25.3 Å². The highest BCUT2D eigenvalue weighted by molar-refractivity contribution is 7.98. The van der Waals surface area contributed by atoms with Crippen LogP contribution in [0.3, 0.4) is 0 Å². The quantitative estimate of drug-likeness (QED) is 0.795. The molecule has 1 aromatic rings. The number of guanidine groups is 1. The molecule has 0 radical (unpaired) electrons. The lowest BCUT2D eigenvalue weighted by Crippen LogP contribution is -2.28. The molecule has 2 N–H and O–H groups in total. The fraction of sp³-hybridized carbons (Fsp3) is 0.400. The predicted octanol–water partition coefficient (Wildman–Crippen LogP) is 2.72. The molecule has 0 saturated heterocycles. The van der Waals surface area contributed by atoms with E-state index < -0.39 is 0 Å². The zero-order valence-corrected chi connectivity index (χ0v) is 10.8. The van der Waals surface area contributed by atoms with Crippen LogP contribution in [0.15, 0.2) is 9.89 Å². The maximum absolute atomic E-state index is 9.03. The first-order valence-electron chi connectivity index (χ1n) is 5.04. The molecule has 2 rings (SSSR count). The van der Waals surface area contributed by atoms with Crippen LogP contribution in [0, 0.1) is 18.3 Å². The van der Waals surface area contributed by atoms with Crippen LogP contribution in [0.2, 0.25) is 0 Å². The van der Waals surface area contributed by atoms with Crippen molar-refractivity contribution in [3.8, 4) is 6.07 Å². The maximum Gasteiger partial charge on any atom is 0.206 e. The van der Waals surface area contributed by atoms with Crippen molar-refractivity contribution in [2.45, 2.75) is 25.2 Å². The van der Waals surface area contributed by atoms with Crippen LogP contribution in [-0.4, -0.2) is 12.5 Å². The van der Waals surface area contributed by atoms with Gasteiger partial charge in [0.2, 0.25) is 5.96 Å². The third kappa shape index (κ3) is 2.01. The molecule has 0 saturated carbocycles. The fourth-order valence-electron chi connectivity index (χ4n) is 1.36. The van der Waals surface area contributed by atoms with Gasteiger partial charge in [-0.15, -0.1) is 11.3 Å². The lowest BCUT2D eigenvalue weighted by atomic mass is 10.3. The van der Waals surface area contributed by atoms with E-state index in [4.69, 9.17) is 5.26 Å². The number of nitrogens with one attached hydrogen (secondary N) is 2. The van der Waals surface area contributed by atoms with Gasteiger partial charge in [-0.3, -0.25) is 9.71 Å². The van der Waals surface area contributed by atoms with E-state index >= 15 is 0 Å². The highest BCUT2D eigenvalue weighted by Crippen LogP contribution is 2.40. The topological polar surface area (TPSA) is 60.2 Å². The molecule has 0 bridgehead atoms. The van der Waals surface area contributed by atoms with E-state index in [1.807, 2.05) is 6.92 Å². The fourth-order valence-corrected chi connectivity index (χ4v) is 3.33. The number of aryl methyl sites for hydroxylation is 1. The molecule has 2 heterocycles. The van der Waals surface area contributed by atoms with E-state index in [1.165, 1.54) is 11.9 Å². The van der Waals surface area contributed by atoms with Gasteiger partial charge >= 0.3 is 0 Å². The standard InChI is InChI=1S/C10H12N4S2/c1-3-4-12-10-13-9-8(16-14-10)7(5-11)6(2)15-9/h3-4H2,1-2H3,(H2,12,13,14). The molecule has 16 heavy (non-hydrogen) atoms. The molecule has 0 spiro atoms. The molecule has 0 amide bonds. The van der Waals surface area contributed by atoms with Gasteiger partial charge in [-0.25, -0.2) is 0 Å². The monoisotopic (exact) mass is 252 g/mol. The molecule has 0 unspecified atom stereocenters. The number of hydrogen-bond donors (Lipinski definition) is 2. The van der Waals surface area contributed by atoms with Crippen molar-refractivity contribution < 1.29 is 0 Å². The van der Waals surface area contributed by atoms with Crippen molar-refractivity contribution in [1.82, 2.24) is 4.72 Å². The number of thiophene rings is 1. The highest BCUT2D eigenvalue weighted by Gasteiger charge is 2.21. The third-order valence-electron chi connectivity index (χ3n) is 2.13.